The summed E-state index contributed by atoms with van der Waals surface area (Å²) in [5.41, 5.74) is 2.56. The number of aromatic nitrogens is 1. The zero-order valence-corrected chi connectivity index (χ0v) is 14.0. The minimum atomic E-state index is -0.342. The molecule has 2 amide bonds. The second-order valence-corrected chi connectivity index (χ2v) is 5.99. The third-order valence-corrected chi connectivity index (χ3v) is 3.89. The number of aromatic amines is 1. The van der Waals surface area contributed by atoms with Crippen molar-refractivity contribution in [2.45, 2.75) is 6.54 Å². The second kappa shape index (κ2) is 6.76. The molecule has 0 aliphatic heterocycles. The molecular formula is C19H18FN3O2. The van der Waals surface area contributed by atoms with Crippen molar-refractivity contribution in [3.63, 3.8) is 0 Å². The van der Waals surface area contributed by atoms with Gasteiger partial charge in [-0.25, -0.2) is 4.39 Å². The Morgan fingerprint density at radius 2 is 1.80 bits per heavy atom. The van der Waals surface area contributed by atoms with Crippen molar-refractivity contribution in [3.05, 3.63) is 71.2 Å². The van der Waals surface area contributed by atoms with Crippen LogP contribution in [0.2, 0.25) is 0 Å². The van der Waals surface area contributed by atoms with Crippen LogP contribution < -0.4 is 5.32 Å². The van der Waals surface area contributed by atoms with Crippen LogP contribution in [-0.4, -0.2) is 35.8 Å². The Morgan fingerprint density at radius 3 is 2.48 bits per heavy atom. The molecule has 0 unspecified atom stereocenters. The van der Waals surface area contributed by atoms with E-state index in [2.05, 4.69) is 10.3 Å². The second-order valence-electron chi connectivity index (χ2n) is 5.99. The number of carbonyl (C=O) groups excluding carboxylic acids is 2. The van der Waals surface area contributed by atoms with Crippen molar-refractivity contribution in [1.29, 1.82) is 0 Å². The molecule has 0 fully saturated rings. The molecule has 25 heavy (non-hydrogen) atoms. The van der Waals surface area contributed by atoms with E-state index in [9.17, 15) is 14.0 Å². The highest BCUT2D eigenvalue weighted by Gasteiger charge is 2.11. The van der Waals surface area contributed by atoms with Gasteiger partial charge in [0.15, 0.2) is 0 Å². The zero-order chi connectivity index (χ0) is 18.0. The molecule has 0 saturated heterocycles. The average molecular weight is 339 g/mol. The van der Waals surface area contributed by atoms with Gasteiger partial charge in [0.05, 0.1) is 0 Å². The third kappa shape index (κ3) is 3.68. The highest BCUT2D eigenvalue weighted by Crippen LogP contribution is 2.16. The quantitative estimate of drug-likeness (QED) is 0.767. The first-order valence-electron chi connectivity index (χ1n) is 7.81. The van der Waals surface area contributed by atoms with Gasteiger partial charge in [-0.05, 0) is 42.0 Å². The Bertz CT molecular complexity index is 929. The zero-order valence-electron chi connectivity index (χ0n) is 14.0. The standard InChI is InChI=1S/C19H18FN3O2/c1-23(2)19(25)13-5-3-12(4-6-13)11-21-18(24)17-10-14-9-15(20)7-8-16(14)22-17/h3-10,22H,11H2,1-2H3,(H,21,24). The van der Waals surface area contributed by atoms with E-state index in [-0.39, 0.29) is 17.6 Å². The van der Waals surface area contributed by atoms with E-state index in [1.807, 2.05) is 0 Å². The van der Waals surface area contributed by atoms with E-state index in [1.165, 1.54) is 17.0 Å². The van der Waals surface area contributed by atoms with Crippen LogP contribution in [0.4, 0.5) is 4.39 Å². The maximum Gasteiger partial charge on any atom is 0.267 e. The first-order valence-corrected chi connectivity index (χ1v) is 7.81. The van der Waals surface area contributed by atoms with Crippen LogP contribution in [0.1, 0.15) is 26.4 Å². The van der Waals surface area contributed by atoms with Crippen LogP contribution >= 0.6 is 0 Å². The molecular weight excluding hydrogens is 321 g/mol. The van der Waals surface area contributed by atoms with E-state index in [1.54, 1.807) is 50.5 Å². The van der Waals surface area contributed by atoms with Gasteiger partial charge in [0, 0.05) is 37.1 Å². The maximum absolute atomic E-state index is 13.2. The van der Waals surface area contributed by atoms with Crippen LogP contribution in [0, 0.1) is 5.82 Å². The molecule has 0 bridgehead atoms. The molecule has 1 heterocycles. The van der Waals surface area contributed by atoms with Crippen LogP contribution in [0.3, 0.4) is 0 Å². The Balaban J connectivity index is 1.66. The number of fused-ring (bicyclic) bond motifs is 1. The van der Waals surface area contributed by atoms with Crippen LogP contribution in [0.25, 0.3) is 10.9 Å². The van der Waals surface area contributed by atoms with Gasteiger partial charge in [0.25, 0.3) is 11.8 Å². The van der Waals surface area contributed by atoms with Crippen molar-refractivity contribution in [1.82, 2.24) is 15.2 Å². The number of H-pyrrole nitrogens is 1. The van der Waals surface area contributed by atoms with Gasteiger partial charge in [-0.1, -0.05) is 12.1 Å². The number of rotatable bonds is 4. The summed E-state index contributed by atoms with van der Waals surface area (Å²) in [5.74, 6) is -0.684. The van der Waals surface area contributed by atoms with Crippen molar-refractivity contribution in [2.75, 3.05) is 14.1 Å². The van der Waals surface area contributed by atoms with Gasteiger partial charge in [-0.3, -0.25) is 9.59 Å². The number of benzene rings is 2. The van der Waals surface area contributed by atoms with Crippen LogP contribution in [0.5, 0.6) is 0 Å². The van der Waals surface area contributed by atoms with E-state index in [0.717, 1.165) is 5.56 Å². The minimum absolute atomic E-state index is 0.0686. The molecule has 0 saturated carbocycles. The first kappa shape index (κ1) is 16.7. The SMILES string of the molecule is CN(C)C(=O)c1ccc(CNC(=O)c2cc3cc(F)ccc3[nH]2)cc1. The van der Waals surface area contributed by atoms with Crippen molar-refractivity contribution in [2.24, 2.45) is 0 Å². The molecule has 128 valence electrons. The van der Waals surface area contributed by atoms with E-state index in [0.29, 0.717) is 28.7 Å². The average Bonchev–Trinajstić information content (AvgIpc) is 3.02. The summed E-state index contributed by atoms with van der Waals surface area (Å²) in [6.45, 7) is 0.332. The van der Waals surface area contributed by atoms with Crippen molar-refractivity contribution < 1.29 is 14.0 Å². The normalized spacial score (nSPS) is 10.7. The lowest BCUT2D eigenvalue weighted by Gasteiger charge is -2.10. The molecule has 5 nitrogen and oxygen atoms in total. The smallest absolute Gasteiger partial charge is 0.267 e. The van der Waals surface area contributed by atoms with Crippen molar-refractivity contribution in [3.8, 4) is 0 Å². The molecule has 0 aliphatic carbocycles. The van der Waals surface area contributed by atoms with E-state index >= 15 is 0 Å². The first-order chi connectivity index (χ1) is 11.9. The predicted molar refractivity (Wildman–Crippen MR) is 93.9 cm³/mol. The number of amides is 2. The van der Waals surface area contributed by atoms with Crippen LogP contribution in [-0.2, 0) is 6.54 Å². The summed E-state index contributed by atoms with van der Waals surface area (Å²) in [5, 5.41) is 3.45. The molecule has 0 atom stereocenters. The minimum Gasteiger partial charge on any atom is -0.351 e. The lowest BCUT2D eigenvalue weighted by atomic mass is 10.1. The highest BCUT2D eigenvalue weighted by atomic mass is 19.1. The summed E-state index contributed by atoms with van der Waals surface area (Å²) >= 11 is 0. The van der Waals surface area contributed by atoms with Crippen LogP contribution in [0.15, 0.2) is 48.5 Å². The summed E-state index contributed by atoms with van der Waals surface area (Å²) in [6, 6.07) is 13.0. The lowest BCUT2D eigenvalue weighted by molar-refractivity contribution is 0.0827. The molecule has 0 spiro atoms. The number of hydrogen-bond acceptors (Lipinski definition) is 2. The maximum atomic E-state index is 13.2. The fourth-order valence-electron chi connectivity index (χ4n) is 2.53. The van der Waals surface area contributed by atoms with Gasteiger partial charge in [0.1, 0.15) is 11.5 Å². The summed E-state index contributed by atoms with van der Waals surface area (Å²) < 4.78 is 13.2. The highest BCUT2D eigenvalue weighted by molar-refractivity contribution is 5.98. The van der Waals surface area contributed by atoms with Gasteiger partial charge in [-0.2, -0.15) is 0 Å². The van der Waals surface area contributed by atoms with Crippen molar-refractivity contribution >= 4 is 22.7 Å². The number of hydrogen-bond donors (Lipinski definition) is 2. The Hall–Kier alpha value is -3.15. The molecule has 0 aliphatic rings. The predicted octanol–water partition coefficient (Wildman–Crippen LogP) is 2.94. The Morgan fingerprint density at radius 1 is 1.08 bits per heavy atom. The topological polar surface area (TPSA) is 65.2 Å². The van der Waals surface area contributed by atoms with Gasteiger partial charge >= 0.3 is 0 Å². The third-order valence-electron chi connectivity index (χ3n) is 3.89. The summed E-state index contributed by atoms with van der Waals surface area (Å²) in [7, 11) is 3.39. The number of carbonyl (C=O) groups is 2. The van der Waals surface area contributed by atoms with E-state index in [4.69, 9.17) is 0 Å². The van der Waals surface area contributed by atoms with Gasteiger partial charge in [-0.15, -0.1) is 0 Å². The summed E-state index contributed by atoms with van der Waals surface area (Å²) in [6.07, 6.45) is 0. The molecule has 0 radical (unpaired) electrons. The van der Waals surface area contributed by atoms with Gasteiger partial charge < -0.3 is 15.2 Å². The fourth-order valence-corrected chi connectivity index (χ4v) is 2.53. The number of nitrogens with zero attached hydrogens (tertiary/aromatic N) is 1. The monoisotopic (exact) mass is 339 g/mol. The number of halogens is 1. The molecule has 2 aromatic carbocycles. The molecule has 3 aromatic rings. The Labute approximate surface area is 144 Å². The van der Waals surface area contributed by atoms with E-state index < -0.39 is 0 Å². The molecule has 2 N–H and O–H groups in total. The molecule has 3 rings (SSSR count). The molecule has 6 heteroatoms. The summed E-state index contributed by atoms with van der Waals surface area (Å²) in [4.78, 5) is 28.6. The Kier molecular flexibility index (Phi) is 4.52. The molecule has 1 aromatic heterocycles. The fraction of sp³-hybridized carbons (Fsp3) is 0.158. The largest absolute Gasteiger partial charge is 0.351 e. The number of nitrogens with one attached hydrogen (secondary N) is 2. The van der Waals surface area contributed by atoms with Gasteiger partial charge in [0.2, 0.25) is 0 Å². The lowest BCUT2D eigenvalue weighted by Crippen LogP contribution is -2.23.